The molecule has 0 spiro atoms. The van der Waals surface area contributed by atoms with Crippen molar-refractivity contribution >= 4 is 37.5 Å². The van der Waals surface area contributed by atoms with E-state index in [1.165, 1.54) is 22.2 Å². The highest BCUT2D eigenvalue weighted by molar-refractivity contribution is 9.10. The van der Waals surface area contributed by atoms with Crippen molar-refractivity contribution in [2.75, 3.05) is 6.67 Å². The Bertz CT molecular complexity index is 916. The highest BCUT2D eigenvalue weighted by Gasteiger charge is 2.18. The summed E-state index contributed by atoms with van der Waals surface area (Å²) in [7, 11) is 0. The summed E-state index contributed by atoms with van der Waals surface area (Å²) < 4.78 is 14.9. The third-order valence-corrected chi connectivity index (χ3v) is 5.28. The molecule has 0 N–H and O–H groups in total. The normalized spacial score (nSPS) is 11.3. The second kappa shape index (κ2) is 5.93. The molecule has 1 aromatic carbocycles. The third-order valence-electron chi connectivity index (χ3n) is 3.57. The van der Waals surface area contributed by atoms with Crippen LogP contribution in [0.2, 0.25) is 0 Å². The van der Waals surface area contributed by atoms with Crippen LogP contribution in [0.1, 0.15) is 10.4 Å². The van der Waals surface area contributed by atoms with Gasteiger partial charge in [-0.1, -0.05) is 33.6 Å². The largest absolute Gasteiger partial charge is 0.296 e. The van der Waals surface area contributed by atoms with Crippen molar-refractivity contribution in [3.05, 3.63) is 49.8 Å². The van der Waals surface area contributed by atoms with Crippen LogP contribution in [-0.2, 0) is 6.54 Å². The van der Waals surface area contributed by atoms with Crippen molar-refractivity contribution < 1.29 is 4.39 Å². The van der Waals surface area contributed by atoms with Gasteiger partial charge in [0.1, 0.15) is 11.5 Å². The minimum atomic E-state index is -0.584. The Labute approximate surface area is 139 Å². The average molecular weight is 381 g/mol. The molecule has 0 saturated carbocycles. The van der Waals surface area contributed by atoms with Crippen molar-refractivity contribution in [3.63, 3.8) is 0 Å². The molecule has 3 nitrogen and oxygen atoms in total. The van der Waals surface area contributed by atoms with Gasteiger partial charge in [-0.2, -0.15) is 0 Å². The maximum atomic E-state index is 12.7. The zero-order valence-corrected chi connectivity index (χ0v) is 14.6. The summed E-state index contributed by atoms with van der Waals surface area (Å²) in [5.41, 5.74) is 2.79. The van der Waals surface area contributed by atoms with E-state index in [-0.39, 0.29) is 12.1 Å². The molecule has 22 heavy (non-hydrogen) atoms. The summed E-state index contributed by atoms with van der Waals surface area (Å²) in [5, 5.41) is 0.574. The van der Waals surface area contributed by atoms with Crippen molar-refractivity contribution in [2.24, 2.45) is 0 Å². The number of hydrogen-bond acceptors (Lipinski definition) is 3. The van der Waals surface area contributed by atoms with E-state index in [1.807, 2.05) is 32.0 Å². The zero-order chi connectivity index (χ0) is 15.9. The standard InChI is InChI=1S/C16H14BrFN2OS/c1-9-3-4-12(17)11(7-9)13-10(2)22-15-14(13)16(21)20(6-5-18)8-19-15/h3-4,7-8H,5-6H2,1-2H3. The lowest BCUT2D eigenvalue weighted by Gasteiger charge is -2.07. The molecule has 3 rings (SSSR count). The quantitative estimate of drug-likeness (QED) is 0.671. The van der Waals surface area contributed by atoms with Crippen LogP contribution in [0.3, 0.4) is 0 Å². The number of fused-ring (bicyclic) bond motifs is 1. The molecule has 0 aliphatic rings. The molecule has 0 unspecified atom stereocenters. The molecule has 0 saturated heterocycles. The molecule has 2 aromatic heterocycles. The van der Waals surface area contributed by atoms with Gasteiger partial charge in [0.15, 0.2) is 0 Å². The summed E-state index contributed by atoms with van der Waals surface area (Å²) in [6.07, 6.45) is 1.43. The molecule has 0 aliphatic carbocycles. The Morgan fingerprint density at radius 3 is 2.86 bits per heavy atom. The van der Waals surface area contributed by atoms with Crippen LogP contribution in [0.4, 0.5) is 4.39 Å². The number of benzene rings is 1. The van der Waals surface area contributed by atoms with Gasteiger partial charge in [0.25, 0.3) is 5.56 Å². The fourth-order valence-corrected chi connectivity index (χ4v) is 3.98. The van der Waals surface area contributed by atoms with Crippen LogP contribution in [0, 0.1) is 13.8 Å². The van der Waals surface area contributed by atoms with Crippen molar-refractivity contribution in [2.45, 2.75) is 20.4 Å². The SMILES string of the molecule is Cc1ccc(Br)c(-c2c(C)sc3ncn(CCF)c(=O)c23)c1. The van der Waals surface area contributed by atoms with Crippen LogP contribution in [0.25, 0.3) is 21.3 Å². The number of thiophene rings is 1. The fraction of sp³-hybridized carbons (Fsp3) is 0.250. The zero-order valence-electron chi connectivity index (χ0n) is 12.2. The number of hydrogen-bond donors (Lipinski definition) is 0. The predicted octanol–water partition coefficient (Wildman–Crippen LogP) is 4.47. The molecule has 0 atom stereocenters. The van der Waals surface area contributed by atoms with Gasteiger partial charge in [-0.15, -0.1) is 11.3 Å². The smallest absolute Gasteiger partial charge is 0.262 e. The number of rotatable bonds is 3. The van der Waals surface area contributed by atoms with E-state index in [4.69, 9.17) is 0 Å². The first kappa shape index (κ1) is 15.4. The first-order valence-electron chi connectivity index (χ1n) is 6.84. The monoisotopic (exact) mass is 380 g/mol. The summed E-state index contributed by atoms with van der Waals surface area (Å²) in [6, 6.07) is 6.03. The number of aromatic nitrogens is 2. The van der Waals surface area contributed by atoms with Crippen molar-refractivity contribution in [1.82, 2.24) is 9.55 Å². The molecule has 0 amide bonds. The lowest BCUT2D eigenvalue weighted by atomic mass is 10.0. The Hall–Kier alpha value is -1.53. The number of nitrogens with zero attached hydrogens (tertiary/aromatic N) is 2. The van der Waals surface area contributed by atoms with E-state index >= 15 is 0 Å². The lowest BCUT2D eigenvalue weighted by Crippen LogP contribution is -2.21. The van der Waals surface area contributed by atoms with Crippen LogP contribution in [-0.4, -0.2) is 16.2 Å². The maximum absolute atomic E-state index is 12.7. The minimum Gasteiger partial charge on any atom is -0.296 e. The average Bonchev–Trinajstić information content (AvgIpc) is 2.82. The summed E-state index contributed by atoms with van der Waals surface area (Å²) in [6.45, 7) is 3.44. The van der Waals surface area contributed by atoms with Crippen LogP contribution < -0.4 is 5.56 Å². The molecule has 6 heteroatoms. The topological polar surface area (TPSA) is 34.9 Å². The van der Waals surface area contributed by atoms with E-state index in [2.05, 4.69) is 20.9 Å². The second-order valence-corrected chi connectivity index (χ2v) is 7.19. The van der Waals surface area contributed by atoms with E-state index in [1.54, 1.807) is 0 Å². The Morgan fingerprint density at radius 1 is 1.36 bits per heavy atom. The van der Waals surface area contributed by atoms with Gasteiger partial charge in [0.05, 0.1) is 18.3 Å². The third kappa shape index (κ3) is 2.50. The summed E-state index contributed by atoms with van der Waals surface area (Å²) in [5.74, 6) is 0. The molecule has 0 bridgehead atoms. The molecule has 0 aliphatic heterocycles. The predicted molar refractivity (Wildman–Crippen MR) is 92.5 cm³/mol. The Kier molecular flexibility index (Phi) is 4.14. The first-order valence-corrected chi connectivity index (χ1v) is 8.45. The van der Waals surface area contributed by atoms with E-state index in [9.17, 15) is 9.18 Å². The van der Waals surface area contributed by atoms with E-state index < -0.39 is 6.67 Å². The van der Waals surface area contributed by atoms with Crippen LogP contribution in [0.15, 0.2) is 33.8 Å². The number of aryl methyl sites for hydroxylation is 3. The summed E-state index contributed by atoms with van der Waals surface area (Å²) in [4.78, 5) is 18.7. The van der Waals surface area contributed by atoms with E-state index in [0.717, 1.165) is 26.0 Å². The number of halogens is 2. The van der Waals surface area contributed by atoms with Gasteiger partial charge >= 0.3 is 0 Å². The highest BCUT2D eigenvalue weighted by Crippen LogP contribution is 2.39. The lowest BCUT2D eigenvalue weighted by molar-refractivity contribution is 0.439. The fourth-order valence-electron chi connectivity index (χ4n) is 2.54. The molecule has 0 radical (unpaired) electrons. The molecular weight excluding hydrogens is 367 g/mol. The summed E-state index contributed by atoms with van der Waals surface area (Å²) >= 11 is 5.05. The van der Waals surface area contributed by atoms with Gasteiger partial charge < -0.3 is 0 Å². The van der Waals surface area contributed by atoms with Gasteiger partial charge in [-0.05, 0) is 25.5 Å². The van der Waals surface area contributed by atoms with Crippen LogP contribution >= 0.6 is 27.3 Å². The van der Waals surface area contributed by atoms with Crippen LogP contribution in [0.5, 0.6) is 0 Å². The second-order valence-electron chi connectivity index (χ2n) is 5.13. The van der Waals surface area contributed by atoms with Crippen molar-refractivity contribution in [1.29, 1.82) is 0 Å². The molecule has 2 heterocycles. The highest BCUT2D eigenvalue weighted by atomic mass is 79.9. The molecule has 0 fully saturated rings. The first-order chi connectivity index (χ1) is 10.5. The minimum absolute atomic E-state index is 0.0328. The molecular formula is C16H14BrFN2OS. The maximum Gasteiger partial charge on any atom is 0.262 e. The molecule has 3 aromatic rings. The number of alkyl halides is 1. The Morgan fingerprint density at radius 2 is 2.14 bits per heavy atom. The van der Waals surface area contributed by atoms with Gasteiger partial charge in [-0.25, -0.2) is 9.37 Å². The van der Waals surface area contributed by atoms with Crippen molar-refractivity contribution in [3.8, 4) is 11.1 Å². The molecule has 114 valence electrons. The van der Waals surface area contributed by atoms with Gasteiger partial charge in [-0.3, -0.25) is 9.36 Å². The van der Waals surface area contributed by atoms with E-state index in [0.29, 0.717) is 10.2 Å². The van der Waals surface area contributed by atoms with Gasteiger partial charge in [0, 0.05) is 14.9 Å². The van der Waals surface area contributed by atoms with Gasteiger partial charge in [0.2, 0.25) is 0 Å². The Balaban J connectivity index is 2.38.